The van der Waals surface area contributed by atoms with Gasteiger partial charge in [-0.1, -0.05) is 104 Å². The molecule has 0 saturated heterocycles. The van der Waals surface area contributed by atoms with Crippen molar-refractivity contribution in [2.24, 2.45) is 0 Å². The van der Waals surface area contributed by atoms with Crippen molar-refractivity contribution in [2.75, 3.05) is 44.4 Å². The van der Waals surface area contributed by atoms with E-state index < -0.39 is 12.2 Å². The highest BCUT2D eigenvalue weighted by atomic mass is 16.5. The number of aromatic hydroxyl groups is 1. The van der Waals surface area contributed by atoms with Crippen molar-refractivity contribution in [2.45, 2.75) is 129 Å². The number of aliphatic hydroxyl groups excluding tert-OH is 2. The normalized spacial score (nSPS) is 13.1. The minimum absolute atomic E-state index is 0.192. The van der Waals surface area contributed by atoms with E-state index in [1.54, 1.807) is 24.3 Å². The van der Waals surface area contributed by atoms with Crippen LogP contribution in [0.15, 0.2) is 24.3 Å². The molecule has 2 unspecified atom stereocenters. The van der Waals surface area contributed by atoms with E-state index >= 15 is 0 Å². The summed E-state index contributed by atoms with van der Waals surface area (Å²) in [4.78, 5) is 1.94. The van der Waals surface area contributed by atoms with Crippen molar-refractivity contribution in [1.82, 2.24) is 0 Å². The van der Waals surface area contributed by atoms with E-state index in [-0.39, 0.29) is 19.0 Å². The molecule has 0 fully saturated rings. The van der Waals surface area contributed by atoms with Gasteiger partial charge in [0.1, 0.15) is 5.75 Å². The molecule has 0 spiro atoms. The van der Waals surface area contributed by atoms with Gasteiger partial charge in [0.2, 0.25) is 0 Å². The van der Waals surface area contributed by atoms with Crippen LogP contribution in [0, 0.1) is 0 Å². The van der Waals surface area contributed by atoms with Crippen molar-refractivity contribution in [1.29, 1.82) is 0 Å². The minimum atomic E-state index is -0.664. The molecule has 0 bridgehead atoms. The van der Waals surface area contributed by atoms with Gasteiger partial charge in [0, 0.05) is 32.0 Å². The lowest BCUT2D eigenvalue weighted by atomic mass is 10.1. The molecule has 1 aromatic carbocycles. The average molecular weight is 538 g/mol. The topological polar surface area (TPSA) is 82.4 Å². The standard InChI is InChI=1S/C32H59NO5/c1-3-5-7-9-11-13-15-17-23-37-27-31(35)25-33(29-19-21-30(34)22-20-29)26-32(36)28-38-24-18-16-14-12-10-8-6-4-2/h19-22,31-32,34-36H,3-18,23-28H2,1-2H3. The Morgan fingerprint density at radius 2 is 0.947 bits per heavy atom. The van der Waals surface area contributed by atoms with E-state index in [0.717, 1.165) is 18.5 Å². The first-order valence-corrected chi connectivity index (χ1v) is 15.6. The summed E-state index contributed by atoms with van der Waals surface area (Å²) in [5.74, 6) is 0.192. The maximum absolute atomic E-state index is 10.6. The largest absolute Gasteiger partial charge is 0.508 e. The van der Waals surface area contributed by atoms with Crippen molar-refractivity contribution < 1.29 is 24.8 Å². The Bertz CT molecular complexity index is 595. The molecule has 0 aliphatic heterocycles. The highest BCUT2D eigenvalue weighted by molar-refractivity contribution is 5.49. The van der Waals surface area contributed by atoms with Gasteiger partial charge in [-0.05, 0) is 37.1 Å². The Morgan fingerprint density at radius 3 is 1.34 bits per heavy atom. The Morgan fingerprint density at radius 1 is 0.579 bits per heavy atom. The Balaban J connectivity index is 2.27. The van der Waals surface area contributed by atoms with E-state index in [1.807, 2.05) is 4.90 Å². The Kier molecular flexibility index (Phi) is 22.5. The highest BCUT2D eigenvalue weighted by Gasteiger charge is 2.17. The molecule has 0 saturated carbocycles. The van der Waals surface area contributed by atoms with Gasteiger partial charge in [0.05, 0.1) is 25.4 Å². The van der Waals surface area contributed by atoms with E-state index in [1.165, 1.54) is 89.9 Å². The first kappa shape index (κ1) is 34.7. The number of phenols is 1. The van der Waals surface area contributed by atoms with Crippen molar-refractivity contribution in [3.63, 3.8) is 0 Å². The van der Waals surface area contributed by atoms with Crippen LogP contribution in [0.1, 0.15) is 117 Å². The summed E-state index contributed by atoms with van der Waals surface area (Å²) < 4.78 is 11.5. The number of rotatable bonds is 27. The summed E-state index contributed by atoms with van der Waals surface area (Å²) in [6, 6.07) is 6.85. The lowest BCUT2D eigenvalue weighted by molar-refractivity contribution is 0.0284. The summed E-state index contributed by atoms with van der Waals surface area (Å²) in [5.41, 5.74) is 0.840. The van der Waals surface area contributed by atoms with Crippen LogP contribution < -0.4 is 4.90 Å². The number of hydrogen-bond donors (Lipinski definition) is 3. The van der Waals surface area contributed by atoms with Crippen LogP contribution in [0.4, 0.5) is 5.69 Å². The fraction of sp³-hybridized carbons (Fsp3) is 0.812. The van der Waals surface area contributed by atoms with Crippen LogP contribution in [-0.2, 0) is 9.47 Å². The zero-order chi connectivity index (χ0) is 27.7. The molecule has 0 aliphatic rings. The van der Waals surface area contributed by atoms with E-state index in [4.69, 9.17) is 9.47 Å². The number of unbranched alkanes of at least 4 members (excludes halogenated alkanes) is 14. The SMILES string of the molecule is CCCCCCCCCCOCC(O)CN(CC(O)COCCCCCCCCCC)c1ccc(O)cc1. The predicted molar refractivity (Wildman–Crippen MR) is 159 cm³/mol. The minimum Gasteiger partial charge on any atom is -0.508 e. The number of nitrogens with zero attached hydrogens (tertiary/aromatic N) is 1. The zero-order valence-corrected chi connectivity index (χ0v) is 24.6. The monoisotopic (exact) mass is 537 g/mol. The summed E-state index contributed by atoms with van der Waals surface area (Å²) in [6.07, 6.45) is 18.8. The molecule has 0 aromatic heterocycles. The summed E-state index contributed by atoms with van der Waals surface area (Å²) >= 11 is 0. The van der Waals surface area contributed by atoms with Crippen molar-refractivity contribution in [3.05, 3.63) is 24.3 Å². The second-order valence-electron chi connectivity index (χ2n) is 10.8. The van der Waals surface area contributed by atoms with Gasteiger partial charge in [0.15, 0.2) is 0 Å². The second kappa shape index (κ2) is 24.7. The van der Waals surface area contributed by atoms with Gasteiger partial charge in [0.25, 0.3) is 0 Å². The fourth-order valence-electron chi connectivity index (χ4n) is 4.68. The lowest BCUT2D eigenvalue weighted by Crippen LogP contribution is -2.41. The van der Waals surface area contributed by atoms with Crippen molar-refractivity contribution in [3.8, 4) is 5.75 Å². The second-order valence-corrected chi connectivity index (χ2v) is 10.8. The molecule has 0 aliphatic carbocycles. The van der Waals surface area contributed by atoms with E-state index in [9.17, 15) is 15.3 Å². The van der Waals surface area contributed by atoms with Crippen LogP contribution in [0.2, 0.25) is 0 Å². The first-order valence-electron chi connectivity index (χ1n) is 15.6. The summed E-state index contributed by atoms with van der Waals surface area (Å²) in [6.45, 7) is 7.05. The molecule has 6 heteroatoms. The van der Waals surface area contributed by atoms with Crippen LogP contribution in [-0.4, -0.2) is 67.0 Å². The third kappa shape index (κ3) is 19.7. The molecule has 1 rings (SSSR count). The molecule has 1 aromatic rings. The van der Waals surface area contributed by atoms with Crippen LogP contribution in [0.25, 0.3) is 0 Å². The third-order valence-electron chi connectivity index (χ3n) is 6.98. The van der Waals surface area contributed by atoms with Crippen LogP contribution in [0.5, 0.6) is 5.75 Å². The molecule has 0 amide bonds. The van der Waals surface area contributed by atoms with Crippen molar-refractivity contribution >= 4 is 5.69 Å². The molecule has 3 N–H and O–H groups in total. The number of ether oxygens (including phenoxy) is 2. The zero-order valence-electron chi connectivity index (χ0n) is 24.6. The summed E-state index contributed by atoms with van der Waals surface area (Å²) in [5, 5.41) is 30.9. The smallest absolute Gasteiger partial charge is 0.115 e. The predicted octanol–water partition coefficient (Wildman–Crippen LogP) is 7.24. The fourth-order valence-corrected chi connectivity index (χ4v) is 4.68. The molecular formula is C32H59NO5. The molecule has 0 heterocycles. The number of phenolic OH excluding ortho intramolecular Hbond substituents is 1. The van der Waals surface area contributed by atoms with Crippen LogP contribution in [0.3, 0.4) is 0 Å². The highest BCUT2D eigenvalue weighted by Crippen LogP contribution is 2.19. The van der Waals surface area contributed by atoms with Gasteiger partial charge >= 0.3 is 0 Å². The van der Waals surface area contributed by atoms with Crippen LogP contribution >= 0.6 is 0 Å². The lowest BCUT2D eigenvalue weighted by Gasteiger charge is -2.29. The van der Waals surface area contributed by atoms with E-state index in [0.29, 0.717) is 26.3 Å². The number of anilines is 1. The number of benzene rings is 1. The molecule has 6 nitrogen and oxygen atoms in total. The Labute approximate surface area is 233 Å². The maximum atomic E-state index is 10.6. The number of aliphatic hydroxyl groups is 2. The number of hydrogen-bond acceptors (Lipinski definition) is 6. The third-order valence-corrected chi connectivity index (χ3v) is 6.98. The first-order chi connectivity index (χ1) is 18.6. The average Bonchev–Trinajstić information content (AvgIpc) is 2.91. The van der Waals surface area contributed by atoms with Gasteiger partial charge in [-0.25, -0.2) is 0 Å². The summed E-state index contributed by atoms with van der Waals surface area (Å²) in [7, 11) is 0. The van der Waals surface area contributed by atoms with E-state index in [2.05, 4.69) is 13.8 Å². The quantitative estimate of drug-likeness (QED) is 0.103. The van der Waals surface area contributed by atoms with Gasteiger partial charge in [-0.3, -0.25) is 0 Å². The van der Waals surface area contributed by atoms with Gasteiger partial charge in [-0.15, -0.1) is 0 Å². The maximum Gasteiger partial charge on any atom is 0.115 e. The molecule has 0 radical (unpaired) electrons. The Hall–Kier alpha value is -1.34. The molecular weight excluding hydrogens is 478 g/mol. The molecule has 2 atom stereocenters. The molecule has 222 valence electrons. The molecule has 38 heavy (non-hydrogen) atoms. The van der Waals surface area contributed by atoms with Gasteiger partial charge in [-0.2, -0.15) is 0 Å². The van der Waals surface area contributed by atoms with Gasteiger partial charge < -0.3 is 29.7 Å².